The second-order valence-electron chi connectivity index (χ2n) is 5.79. The molecule has 2 aromatic carbocycles. The molecule has 2 amide bonds. The molecule has 0 aliphatic carbocycles. The van der Waals surface area contributed by atoms with Crippen molar-refractivity contribution in [2.24, 2.45) is 0 Å². The number of nitriles is 1. The zero-order chi connectivity index (χ0) is 19.2. The number of para-hydroxylation sites is 1. The van der Waals surface area contributed by atoms with E-state index in [-0.39, 0.29) is 24.2 Å². The number of hydrogen-bond donors (Lipinski definition) is 2. The molecular weight excluding hydrogens is 344 g/mol. The highest BCUT2D eigenvalue weighted by Gasteiger charge is 2.14. The highest BCUT2D eigenvalue weighted by Crippen LogP contribution is 2.18. The van der Waals surface area contributed by atoms with Crippen LogP contribution in [0.25, 0.3) is 0 Å². The van der Waals surface area contributed by atoms with Crippen molar-refractivity contribution in [1.82, 2.24) is 14.8 Å². The molecular formula is C19H16N6O2. The van der Waals surface area contributed by atoms with Gasteiger partial charge < -0.3 is 10.6 Å². The van der Waals surface area contributed by atoms with E-state index in [1.807, 2.05) is 25.1 Å². The normalized spacial score (nSPS) is 10.1. The summed E-state index contributed by atoms with van der Waals surface area (Å²) in [5, 5.41) is 18.1. The number of amides is 2. The van der Waals surface area contributed by atoms with E-state index in [1.54, 1.807) is 36.4 Å². The van der Waals surface area contributed by atoms with Gasteiger partial charge in [0.25, 0.3) is 11.7 Å². The van der Waals surface area contributed by atoms with Crippen LogP contribution in [0, 0.1) is 18.3 Å². The number of nitrogens with one attached hydrogen (secondary N) is 2. The Bertz CT molecular complexity index is 1030. The molecule has 3 aromatic rings. The average molecular weight is 360 g/mol. The van der Waals surface area contributed by atoms with E-state index in [4.69, 9.17) is 5.26 Å². The average Bonchev–Trinajstić information content (AvgIpc) is 3.09. The van der Waals surface area contributed by atoms with Crippen molar-refractivity contribution < 1.29 is 9.59 Å². The van der Waals surface area contributed by atoms with Crippen LogP contribution >= 0.6 is 0 Å². The summed E-state index contributed by atoms with van der Waals surface area (Å²) in [4.78, 5) is 28.6. The van der Waals surface area contributed by atoms with Gasteiger partial charge in [-0.1, -0.05) is 24.3 Å². The molecule has 27 heavy (non-hydrogen) atoms. The van der Waals surface area contributed by atoms with E-state index in [2.05, 4.69) is 20.7 Å². The number of carbonyl (C=O) groups excluding carboxylic acids is 2. The molecule has 3 rings (SSSR count). The topological polar surface area (TPSA) is 113 Å². The van der Waals surface area contributed by atoms with Crippen LogP contribution in [0.15, 0.2) is 54.9 Å². The maximum atomic E-state index is 12.6. The first-order chi connectivity index (χ1) is 13.0. The van der Waals surface area contributed by atoms with Crippen molar-refractivity contribution in [3.05, 3.63) is 71.8 Å². The van der Waals surface area contributed by atoms with Crippen molar-refractivity contribution in [2.75, 3.05) is 10.6 Å². The summed E-state index contributed by atoms with van der Waals surface area (Å²) in [7, 11) is 0. The molecule has 0 unspecified atom stereocenters. The molecule has 8 nitrogen and oxygen atoms in total. The minimum Gasteiger partial charge on any atom is -0.324 e. The summed E-state index contributed by atoms with van der Waals surface area (Å²) in [6.45, 7) is 1.81. The zero-order valence-electron chi connectivity index (χ0n) is 14.5. The maximum Gasteiger partial charge on any atom is 0.257 e. The van der Waals surface area contributed by atoms with E-state index in [0.717, 1.165) is 5.56 Å². The molecule has 2 N–H and O–H groups in total. The minimum atomic E-state index is -0.389. The largest absolute Gasteiger partial charge is 0.324 e. The van der Waals surface area contributed by atoms with Crippen LogP contribution in [0.2, 0.25) is 0 Å². The Hall–Kier alpha value is -3.99. The van der Waals surface area contributed by atoms with Gasteiger partial charge in [-0.3, -0.25) is 9.59 Å². The third-order valence-electron chi connectivity index (χ3n) is 3.66. The molecule has 0 radical (unpaired) electrons. The molecule has 0 saturated heterocycles. The van der Waals surface area contributed by atoms with Crippen molar-refractivity contribution in [2.45, 2.75) is 13.5 Å². The zero-order valence-corrected chi connectivity index (χ0v) is 14.5. The molecule has 0 spiro atoms. The fraction of sp³-hybridized carbons (Fsp3) is 0.105. The Morgan fingerprint density at radius 3 is 2.70 bits per heavy atom. The Morgan fingerprint density at radius 2 is 1.96 bits per heavy atom. The van der Waals surface area contributed by atoms with Gasteiger partial charge in [0, 0.05) is 5.69 Å². The molecule has 0 aliphatic rings. The van der Waals surface area contributed by atoms with Gasteiger partial charge in [0.05, 0.1) is 11.3 Å². The molecule has 1 aromatic heterocycles. The van der Waals surface area contributed by atoms with Gasteiger partial charge in [0.1, 0.15) is 18.9 Å². The van der Waals surface area contributed by atoms with Crippen LogP contribution in [0.5, 0.6) is 0 Å². The predicted octanol–water partition coefficient (Wildman–Crippen LogP) is 2.35. The minimum absolute atomic E-state index is 0.0132. The molecule has 0 atom stereocenters. The molecule has 0 fully saturated rings. The monoisotopic (exact) mass is 360 g/mol. The summed E-state index contributed by atoms with van der Waals surface area (Å²) < 4.78 is 1.25. The Morgan fingerprint density at radius 1 is 1.15 bits per heavy atom. The number of hydrogen-bond acceptors (Lipinski definition) is 5. The first-order valence-corrected chi connectivity index (χ1v) is 8.11. The number of benzene rings is 2. The Labute approximate surface area is 155 Å². The molecule has 0 aliphatic heterocycles. The Kier molecular flexibility index (Phi) is 5.23. The SMILES string of the molecule is Cc1cccc(NC(=O)c2ccccc2NC(=O)Cn2cnc(C#N)n2)c1. The van der Waals surface area contributed by atoms with Gasteiger partial charge in [0.15, 0.2) is 0 Å². The van der Waals surface area contributed by atoms with Crippen molar-refractivity contribution in [3.63, 3.8) is 0 Å². The lowest BCUT2D eigenvalue weighted by atomic mass is 10.1. The van der Waals surface area contributed by atoms with E-state index in [1.165, 1.54) is 11.0 Å². The van der Waals surface area contributed by atoms with E-state index in [0.29, 0.717) is 16.9 Å². The Balaban J connectivity index is 1.72. The second-order valence-corrected chi connectivity index (χ2v) is 5.79. The standard InChI is InChI=1S/C19H16N6O2/c1-13-5-4-6-14(9-13)22-19(27)15-7-2-3-8-16(15)23-18(26)11-25-12-21-17(10-20)24-25/h2-9,12H,11H2,1H3,(H,22,27)(H,23,26). The number of anilines is 2. The van der Waals surface area contributed by atoms with Gasteiger partial charge in [-0.25, -0.2) is 9.67 Å². The lowest BCUT2D eigenvalue weighted by molar-refractivity contribution is -0.116. The third kappa shape index (κ3) is 4.55. The van der Waals surface area contributed by atoms with Crippen LogP contribution in [0.3, 0.4) is 0 Å². The van der Waals surface area contributed by atoms with Crippen molar-refractivity contribution >= 4 is 23.2 Å². The number of carbonyl (C=O) groups is 2. The van der Waals surface area contributed by atoms with Gasteiger partial charge in [-0.05, 0) is 36.8 Å². The third-order valence-corrected chi connectivity index (χ3v) is 3.66. The van der Waals surface area contributed by atoms with E-state index >= 15 is 0 Å². The molecule has 0 saturated carbocycles. The number of rotatable bonds is 5. The van der Waals surface area contributed by atoms with Gasteiger partial charge in [0.2, 0.25) is 5.91 Å². The number of nitrogens with zero attached hydrogens (tertiary/aromatic N) is 4. The summed E-state index contributed by atoms with van der Waals surface area (Å²) in [5.74, 6) is -0.732. The van der Waals surface area contributed by atoms with Crippen LogP contribution < -0.4 is 10.6 Å². The van der Waals surface area contributed by atoms with E-state index < -0.39 is 0 Å². The first kappa shape index (κ1) is 17.8. The van der Waals surface area contributed by atoms with Crippen LogP contribution in [-0.2, 0) is 11.3 Å². The molecule has 8 heteroatoms. The molecule has 134 valence electrons. The molecule has 0 bridgehead atoms. The van der Waals surface area contributed by atoms with Crippen molar-refractivity contribution in [3.8, 4) is 6.07 Å². The van der Waals surface area contributed by atoms with Crippen LogP contribution in [0.1, 0.15) is 21.7 Å². The smallest absolute Gasteiger partial charge is 0.257 e. The number of aryl methyl sites for hydroxylation is 1. The highest BCUT2D eigenvalue weighted by molar-refractivity contribution is 6.10. The highest BCUT2D eigenvalue weighted by atomic mass is 16.2. The first-order valence-electron chi connectivity index (χ1n) is 8.11. The van der Waals surface area contributed by atoms with Gasteiger partial charge in [-0.15, -0.1) is 5.10 Å². The summed E-state index contributed by atoms with van der Waals surface area (Å²) >= 11 is 0. The second kappa shape index (κ2) is 7.93. The lowest BCUT2D eigenvalue weighted by Gasteiger charge is -2.12. The fourth-order valence-electron chi connectivity index (χ4n) is 2.47. The van der Waals surface area contributed by atoms with Crippen molar-refractivity contribution in [1.29, 1.82) is 5.26 Å². The summed E-state index contributed by atoms with van der Waals surface area (Å²) in [6.07, 6.45) is 1.30. The van der Waals surface area contributed by atoms with E-state index in [9.17, 15) is 9.59 Å². The van der Waals surface area contributed by atoms with Crippen LogP contribution in [0.4, 0.5) is 11.4 Å². The fourth-order valence-corrected chi connectivity index (χ4v) is 2.47. The van der Waals surface area contributed by atoms with Crippen LogP contribution in [-0.4, -0.2) is 26.6 Å². The lowest BCUT2D eigenvalue weighted by Crippen LogP contribution is -2.22. The predicted molar refractivity (Wildman–Crippen MR) is 98.9 cm³/mol. The quantitative estimate of drug-likeness (QED) is 0.725. The maximum absolute atomic E-state index is 12.6. The number of aromatic nitrogens is 3. The summed E-state index contributed by atoms with van der Waals surface area (Å²) in [5.41, 5.74) is 2.42. The summed E-state index contributed by atoms with van der Waals surface area (Å²) in [6, 6.07) is 16.0. The van der Waals surface area contributed by atoms with Gasteiger partial charge >= 0.3 is 0 Å². The van der Waals surface area contributed by atoms with Gasteiger partial charge in [-0.2, -0.15) is 5.26 Å². The molecule has 1 heterocycles.